The molecule has 58 heavy (non-hydrogen) atoms. The van der Waals surface area contributed by atoms with E-state index in [1.54, 1.807) is 54.7 Å². The molecule has 0 radical (unpaired) electrons. The van der Waals surface area contributed by atoms with E-state index in [-0.39, 0.29) is 11.8 Å². The molecule has 4 heterocycles. The van der Waals surface area contributed by atoms with Gasteiger partial charge in [-0.15, -0.1) is 6.42 Å². The summed E-state index contributed by atoms with van der Waals surface area (Å²) in [4.78, 5) is 29.4. The Bertz CT molecular complexity index is 2500. The van der Waals surface area contributed by atoms with Crippen LogP contribution >= 0.6 is 7.14 Å². The molecule has 0 spiro atoms. The number of urea groups is 1. The summed E-state index contributed by atoms with van der Waals surface area (Å²) in [6, 6.07) is 23.3. The number of anilines is 4. The molecule has 3 N–H and O–H groups in total. The van der Waals surface area contributed by atoms with Crippen molar-refractivity contribution in [1.29, 1.82) is 0 Å². The van der Waals surface area contributed by atoms with Crippen molar-refractivity contribution in [1.82, 2.24) is 29.6 Å². The number of rotatable bonds is 14. The van der Waals surface area contributed by atoms with Crippen LogP contribution in [0, 0.1) is 12.3 Å². The number of morpholine rings is 1. The van der Waals surface area contributed by atoms with E-state index in [1.807, 2.05) is 68.4 Å². The molecule has 0 aliphatic carbocycles. The number of carbonyl (C=O) groups excluding carboxylic acids is 1. The number of terminal acetylenes is 1. The standard InChI is InChI=1S/C43H46N9O5P/c1-6-30-23-32(26-34(25-30)56-22-19-51-17-20-55-21-18-51)46-42-45-16-14-40(49-42)57-38-13-12-36(41-35(38)11-8-15-44-41)47-43(53)48-39-27-37(29(2)3)50-52(39)33-10-7-9-31(24-33)28-58(4,5)54/h1,7-16,23-27,29H,17-22,28H2,2-5H3,(H,45,46,49)(H2,47,48,53). The van der Waals surface area contributed by atoms with Crippen LogP contribution in [0.3, 0.4) is 0 Å². The predicted molar refractivity (Wildman–Crippen MR) is 228 cm³/mol. The summed E-state index contributed by atoms with van der Waals surface area (Å²) in [5.74, 6) is 4.98. The Kier molecular flexibility index (Phi) is 12.3. The van der Waals surface area contributed by atoms with Crippen molar-refractivity contribution in [3.63, 3.8) is 0 Å². The van der Waals surface area contributed by atoms with Gasteiger partial charge in [-0.3, -0.25) is 15.2 Å². The average Bonchev–Trinajstić information content (AvgIpc) is 3.63. The SMILES string of the molecule is C#Cc1cc(Nc2nccc(Oc3ccc(NC(=O)Nc4cc(C(C)C)nn4-c4cccc(CP(C)(C)=O)c4)c4ncccc34)n2)cc(OCCN2CCOCC2)c1. The Labute approximate surface area is 337 Å². The Morgan fingerprint density at radius 1 is 0.983 bits per heavy atom. The highest BCUT2D eigenvalue weighted by molar-refractivity contribution is 7.61. The molecule has 6 aromatic rings. The lowest BCUT2D eigenvalue weighted by molar-refractivity contribution is 0.0322. The van der Waals surface area contributed by atoms with Crippen LogP contribution in [0.4, 0.5) is 27.9 Å². The third kappa shape index (κ3) is 10.4. The smallest absolute Gasteiger partial charge is 0.324 e. The molecule has 1 aliphatic heterocycles. The van der Waals surface area contributed by atoms with Crippen molar-refractivity contribution in [2.45, 2.75) is 25.9 Å². The maximum atomic E-state index is 13.6. The minimum Gasteiger partial charge on any atom is -0.492 e. The lowest BCUT2D eigenvalue weighted by atomic mass is 10.1. The normalized spacial score (nSPS) is 13.2. The van der Waals surface area contributed by atoms with Crippen LogP contribution in [0.1, 0.15) is 36.6 Å². The molecule has 0 unspecified atom stereocenters. The molecule has 3 aromatic carbocycles. The second-order valence-corrected chi connectivity index (χ2v) is 18.1. The lowest BCUT2D eigenvalue weighted by Gasteiger charge is -2.26. The van der Waals surface area contributed by atoms with E-state index in [0.29, 0.717) is 63.9 Å². The number of hydrogen-bond acceptors (Lipinski definition) is 11. The first-order chi connectivity index (χ1) is 28.0. The molecule has 1 fully saturated rings. The molecular formula is C43H46N9O5P. The van der Waals surface area contributed by atoms with Crippen LogP contribution in [0.5, 0.6) is 17.4 Å². The van der Waals surface area contributed by atoms with Crippen molar-refractivity contribution in [3.05, 3.63) is 108 Å². The van der Waals surface area contributed by atoms with Crippen LogP contribution in [-0.4, -0.2) is 88.4 Å². The summed E-state index contributed by atoms with van der Waals surface area (Å²) >= 11 is 0. The zero-order chi connectivity index (χ0) is 40.6. The van der Waals surface area contributed by atoms with E-state index in [9.17, 15) is 9.36 Å². The van der Waals surface area contributed by atoms with Gasteiger partial charge in [-0.25, -0.2) is 14.5 Å². The first-order valence-corrected chi connectivity index (χ1v) is 21.8. The monoisotopic (exact) mass is 799 g/mol. The van der Waals surface area contributed by atoms with E-state index in [1.165, 1.54) is 0 Å². The molecule has 14 nitrogen and oxygen atoms in total. The first kappa shape index (κ1) is 40.0. The summed E-state index contributed by atoms with van der Waals surface area (Å²) in [6.07, 6.45) is 9.47. The van der Waals surface area contributed by atoms with Gasteiger partial charge in [-0.1, -0.05) is 31.9 Å². The zero-order valence-electron chi connectivity index (χ0n) is 32.9. The number of nitrogens with zero attached hydrogens (tertiary/aromatic N) is 6. The first-order valence-electron chi connectivity index (χ1n) is 19.0. The number of amides is 2. The van der Waals surface area contributed by atoms with Gasteiger partial charge in [-0.05, 0) is 73.3 Å². The fraction of sp³-hybridized carbons (Fsp3) is 0.279. The van der Waals surface area contributed by atoms with E-state index in [0.717, 1.165) is 49.8 Å². The predicted octanol–water partition coefficient (Wildman–Crippen LogP) is 8.33. The third-order valence-electron chi connectivity index (χ3n) is 9.21. The van der Waals surface area contributed by atoms with Gasteiger partial charge in [0.05, 0.1) is 42.9 Å². The molecule has 1 saturated heterocycles. The van der Waals surface area contributed by atoms with Crippen molar-refractivity contribution >= 4 is 47.2 Å². The van der Waals surface area contributed by atoms with Crippen molar-refractivity contribution in [2.24, 2.45) is 0 Å². The van der Waals surface area contributed by atoms with E-state index >= 15 is 0 Å². The number of carbonyl (C=O) groups is 1. The molecule has 7 rings (SSSR count). The van der Waals surface area contributed by atoms with Gasteiger partial charge in [0.15, 0.2) is 0 Å². The van der Waals surface area contributed by atoms with Crippen LogP contribution in [-0.2, 0) is 15.5 Å². The molecule has 298 valence electrons. The fourth-order valence-electron chi connectivity index (χ4n) is 6.46. The minimum absolute atomic E-state index is 0.116. The average molecular weight is 800 g/mol. The highest BCUT2D eigenvalue weighted by Crippen LogP contribution is 2.40. The summed E-state index contributed by atoms with van der Waals surface area (Å²) < 4.78 is 32.0. The summed E-state index contributed by atoms with van der Waals surface area (Å²) in [5, 5.41) is 14.6. The number of aromatic nitrogens is 5. The Morgan fingerprint density at radius 2 is 1.83 bits per heavy atom. The van der Waals surface area contributed by atoms with Gasteiger partial charge in [-0.2, -0.15) is 10.1 Å². The zero-order valence-corrected chi connectivity index (χ0v) is 33.8. The molecule has 0 saturated carbocycles. The highest BCUT2D eigenvalue weighted by Gasteiger charge is 2.18. The summed E-state index contributed by atoms with van der Waals surface area (Å²) in [5.41, 5.74) is 4.80. The minimum atomic E-state index is -2.30. The topological polar surface area (TPSA) is 158 Å². The number of nitrogens with one attached hydrogen (secondary N) is 3. The summed E-state index contributed by atoms with van der Waals surface area (Å²) in [6.45, 7) is 12.2. The number of pyridine rings is 1. The Hall–Kier alpha value is -6.26. The second kappa shape index (κ2) is 17.9. The van der Waals surface area contributed by atoms with Crippen LogP contribution in [0.25, 0.3) is 16.6 Å². The maximum Gasteiger partial charge on any atom is 0.324 e. The van der Waals surface area contributed by atoms with Crippen LogP contribution in [0.2, 0.25) is 0 Å². The van der Waals surface area contributed by atoms with E-state index in [2.05, 4.69) is 41.7 Å². The van der Waals surface area contributed by atoms with Gasteiger partial charge < -0.3 is 29.4 Å². The lowest BCUT2D eigenvalue weighted by Crippen LogP contribution is -2.38. The van der Waals surface area contributed by atoms with Gasteiger partial charge in [0, 0.05) is 73.0 Å². The molecule has 0 bridgehead atoms. The number of hydrogen-bond donors (Lipinski definition) is 3. The highest BCUT2D eigenvalue weighted by atomic mass is 31.2. The van der Waals surface area contributed by atoms with Gasteiger partial charge in [0.1, 0.15) is 23.9 Å². The van der Waals surface area contributed by atoms with Gasteiger partial charge >= 0.3 is 6.03 Å². The number of ether oxygens (including phenoxy) is 3. The molecule has 2 amide bonds. The third-order valence-corrected chi connectivity index (χ3v) is 10.3. The molecule has 1 aliphatic rings. The molecular weight excluding hydrogens is 754 g/mol. The van der Waals surface area contributed by atoms with Crippen LogP contribution < -0.4 is 25.4 Å². The molecule has 3 aromatic heterocycles. The Balaban J connectivity index is 1.05. The van der Waals surface area contributed by atoms with Crippen molar-refractivity contribution < 1.29 is 23.6 Å². The van der Waals surface area contributed by atoms with Crippen molar-refractivity contribution in [2.75, 3.05) is 68.7 Å². The number of benzene rings is 3. The van der Waals surface area contributed by atoms with E-state index in [4.69, 9.17) is 25.7 Å². The van der Waals surface area contributed by atoms with Crippen molar-refractivity contribution in [3.8, 4) is 35.4 Å². The largest absolute Gasteiger partial charge is 0.492 e. The van der Waals surface area contributed by atoms with E-state index < -0.39 is 13.2 Å². The van der Waals surface area contributed by atoms with Gasteiger partial charge in [0.2, 0.25) is 11.8 Å². The van der Waals surface area contributed by atoms with Gasteiger partial charge in [0.25, 0.3) is 0 Å². The fourth-order valence-corrected chi connectivity index (χ4v) is 7.53. The summed E-state index contributed by atoms with van der Waals surface area (Å²) in [7, 11) is -2.30. The maximum absolute atomic E-state index is 13.6. The van der Waals surface area contributed by atoms with Crippen LogP contribution in [0.15, 0.2) is 91.3 Å². The molecule has 0 atom stereocenters. The number of fused-ring (bicyclic) bond motifs is 1. The molecule has 15 heteroatoms. The Morgan fingerprint density at radius 3 is 2.62 bits per heavy atom. The second-order valence-electron chi connectivity index (χ2n) is 14.7. The quantitative estimate of drug-likeness (QED) is 0.0719.